The van der Waals surface area contributed by atoms with E-state index in [-0.39, 0.29) is 0 Å². The molecule has 2 heterocycles. The molecule has 88 valence electrons. The van der Waals surface area contributed by atoms with Gasteiger partial charge in [-0.2, -0.15) is 0 Å². The highest BCUT2D eigenvalue weighted by molar-refractivity contribution is 5.81. The van der Waals surface area contributed by atoms with Crippen LogP contribution in [-0.4, -0.2) is 24.6 Å². The summed E-state index contributed by atoms with van der Waals surface area (Å²) < 4.78 is 1.96. The number of imidazole rings is 1. The first-order valence-electron chi connectivity index (χ1n) is 5.54. The highest BCUT2D eigenvalue weighted by atomic mass is 16.2. The molecule has 0 aromatic carbocycles. The van der Waals surface area contributed by atoms with Gasteiger partial charge in [-0.25, -0.2) is 15.0 Å². The van der Waals surface area contributed by atoms with Crippen LogP contribution >= 0.6 is 0 Å². The maximum absolute atomic E-state index is 9.01. The van der Waals surface area contributed by atoms with Crippen molar-refractivity contribution >= 4 is 17.0 Å². The minimum Gasteiger partial charge on any atom is -0.516 e. The molecule has 6 heteroatoms. The molecule has 1 fully saturated rings. The second-order valence-electron chi connectivity index (χ2n) is 4.27. The van der Waals surface area contributed by atoms with Gasteiger partial charge in [0, 0.05) is 12.5 Å². The molecule has 1 aliphatic carbocycles. The lowest BCUT2D eigenvalue weighted by Crippen LogP contribution is -2.21. The van der Waals surface area contributed by atoms with Crippen molar-refractivity contribution in [1.29, 1.82) is 0 Å². The lowest BCUT2D eigenvalue weighted by atomic mass is 9.80. The number of nitrogens with two attached hydrogens (primary N) is 1. The molecule has 1 aliphatic rings. The van der Waals surface area contributed by atoms with E-state index in [0.29, 0.717) is 17.3 Å². The van der Waals surface area contributed by atoms with Gasteiger partial charge in [0.25, 0.3) is 0 Å². The molecule has 1 saturated carbocycles. The molecule has 0 aliphatic heterocycles. The number of aromatic nitrogens is 4. The van der Waals surface area contributed by atoms with E-state index in [1.54, 1.807) is 6.33 Å². The standard InChI is InChI=1S/C11H13N5O/c12-10-9-11(14-5-13-10)16(6-15-9)3-7-1-2-8(7)4-17/h4-7,17H,1-3H2,(H2,12,13,14)/b8-4-. The number of aliphatic hydroxyl groups is 1. The van der Waals surface area contributed by atoms with Gasteiger partial charge in [-0.05, 0) is 18.4 Å². The summed E-state index contributed by atoms with van der Waals surface area (Å²) in [6.45, 7) is 0.777. The summed E-state index contributed by atoms with van der Waals surface area (Å²) in [5, 5.41) is 9.01. The van der Waals surface area contributed by atoms with Crippen LogP contribution in [0.1, 0.15) is 12.8 Å². The maximum atomic E-state index is 9.01. The molecule has 2 aromatic rings. The first-order valence-corrected chi connectivity index (χ1v) is 5.54. The molecule has 3 rings (SSSR count). The zero-order valence-electron chi connectivity index (χ0n) is 9.24. The van der Waals surface area contributed by atoms with E-state index in [0.717, 1.165) is 30.6 Å². The average molecular weight is 231 g/mol. The second kappa shape index (κ2) is 3.73. The molecule has 0 saturated heterocycles. The van der Waals surface area contributed by atoms with Crippen molar-refractivity contribution in [1.82, 2.24) is 19.5 Å². The van der Waals surface area contributed by atoms with Crippen molar-refractivity contribution in [2.24, 2.45) is 5.92 Å². The van der Waals surface area contributed by atoms with Crippen LogP contribution in [0.25, 0.3) is 11.2 Å². The van der Waals surface area contributed by atoms with Gasteiger partial charge in [0.1, 0.15) is 11.8 Å². The van der Waals surface area contributed by atoms with Crippen LogP contribution in [0.2, 0.25) is 0 Å². The fraction of sp³-hybridized carbons (Fsp3) is 0.364. The Labute approximate surface area is 97.8 Å². The Balaban J connectivity index is 1.94. The molecule has 0 radical (unpaired) electrons. The first-order chi connectivity index (χ1) is 8.29. The Kier molecular flexibility index (Phi) is 2.21. The SMILES string of the molecule is Nc1ncnc2c1ncn2CC1CC/C1=C/O. The Morgan fingerprint density at radius 1 is 1.47 bits per heavy atom. The number of aliphatic hydroxyl groups excluding tert-OH is 1. The molecule has 6 nitrogen and oxygen atoms in total. The fourth-order valence-corrected chi connectivity index (χ4v) is 2.16. The minimum atomic E-state index is 0.383. The normalized spacial score (nSPS) is 21.9. The van der Waals surface area contributed by atoms with Crippen molar-refractivity contribution in [3.8, 4) is 0 Å². The van der Waals surface area contributed by atoms with Crippen LogP contribution in [0.5, 0.6) is 0 Å². The zero-order valence-corrected chi connectivity index (χ0v) is 9.24. The van der Waals surface area contributed by atoms with Gasteiger partial charge < -0.3 is 15.4 Å². The largest absolute Gasteiger partial charge is 0.516 e. The fourth-order valence-electron chi connectivity index (χ4n) is 2.16. The van der Waals surface area contributed by atoms with Crippen molar-refractivity contribution in [2.75, 3.05) is 5.73 Å². The van der Waals surface area contributed by atoms with Crippen LogP contribution in [0.4, 0.5) is 5.82 Å². The van der Waals surface area contributed by atoms with Gasteiger partial charge in [-0.1, -0.05) is 0 Å². The monoisotopic (exact) mass is 231 g/mol. The Morgan fingerprint density at radius 3 is 3.06 bits per heavy atom. The molecule has 0 bridgehead atoms. The molecule has 3 N–H and O–H groups in total. The van der Waals surface area contributed by atoms with Crippen molar-refractivity contribution in [2.45, 2.75) is 19.4 Å². The van der Waals surface area contributed by atoms with Crippen molar-refractivity contribution < 1.29 is 5.11 Å². The summed E-state index contributed by atoms with van der Waals surface area (Å²) in [4.78, 5) is 12.3. The molecule has 1 atom stereocenters. The molecular weight excluding hydrogens is 218 g/mol. The lowest BCUT2D eigenvalue weighted by Gasteiger charge is -2.29. The van der Waals surface area contributed by atoms with Crippen LogP contribution in [-0.2, 0) is 6.54 Å². The highest BCUT2D eigenvalue weighted by Gasteiger charge is 2.25. The molecule has 0 spiro atoms. The van der Waals surface area contributed by atoms with Crippen molar-refractivity contribution in [3.05, 3.63) is 24.5 Å². The van der Waals surface area contributed by atoms with E-state index in [1.165, 1.54) is 12.6 Å². The van der Waals surface area contributed by atoms with Gasteiger partial charge in [-0.15, -0.1) is 0 Å². The number of nitrogen functional groups attached to an aromatic ring is 1. The number of anilines is 1. The predicted molar refractivity (Wildman–Crippen MR) is 63.2 cm³/mol. The quantitative estimate of drug-likeness (QED) is 0.759. The lowest BCUT2D eigenvalue weighted by molar-refractivity contribution is 0.355. The summed E-state index contributed by atoms with van der Waals surface area (Å²) in [5.41, 5.74) is 8.21. The van der Waals surface area contributed by atoms with E-state index in [4.69, 9.17) is 10.8 Å². The Hall–Kier alpha value is -2.11. The van der Waals surface area contributed by atoms with E-state index in [9.17, 15) is 0 Å². The molecule has 2 aromatic heterocycles. The van der Waals surface area contributed by atoms with E-state index in [2.05, 4.69) is 15.0 Å². The summed E-state index contributed by atoms with van der Waals surface area (Å²) in [5.74, 6) is 0.786. The van der Waals surface area contributed by atoms with Gasteiger partial charge in [0.15, 0.2) is 11.5 Å². The second-order valence-corrected chi connectivity index (χ2v) is 4.27. The third kappa shape index (κ3) is 1.52. The molecule has 0 amide bonds. The van der Waals surface area contributed by atoms with Crippen molar-refractivity contribution in [3.63, 3.8) is 0 Å². The average Bonchev–Trinajstić information content (AvgIpc) is 2.70. The predicted octanol–water partition coefficient (Wildman–Crippen LogP) is 1.26. The Morgan fingerprint density at radius 2 is 2.35 bits per heavy atom. The molecule has 17 heavy (non-hydrogen) atoms. The van der Waals surface area contributed by atoms with E-state index in [1.807, 2.05) is 4.57 Å². The smallest absolute Gasteiger partial charge is 0.165 e. The number of hydrogen-bond donors (Lipinski definition) is 2. The van der Waals surface area contributed by atoms with Crippen LogP contribution < -0.4 is 5.73 Å². The number of hydrogen-bond acceptors (Lipinski definition) is 5. The van der Waals surface area contributed by atoms with Crippen LogP contribution in [0.15, 0.2) is 24.5 Å². The topological polar surface area (TPSA) is 89.9 Å². The molecular formula is C11H13N5O. The van der Waals surface area contributed by atoms with Crippen LogP contribution in [0, 0.1) is 5.92 Å². The summed E-state index contributed by atoms with van der Waals surface area (Å²) >= 11 is 0. The van der Waals surface area contributed by atoms with E-state index < -0.39 is 0 Å². The maximum Gasteiger partial charge on any atom is 0.165 e. The van der Waals surface area contributed by atoms with Gasteiger partial charge >= 0.3 is 0 Å². The van der Waals surface area contributed by atoms with Gasteiger partial charge in [0.05, 0.1) is 12.6 Å². The van der Waals surface area contributed by atoms with E-state index >= 15 is 0 Å². The van der Waals surface area contributed by atoms with Gasteiger partial charge in [0.2, 0.25) is 0 Å². The molecule has 1 unspecified atom stereocenters. The number of fused-ring (bicyclic) bond motifs is 1. The minimum absolute atomic E-state index is 0.383. The third-order valence-corrected chi connectivity index (χ3v) is 3.32. The zero-order chi connectivity index (χ0) is 11.8. The Bertz CT molecular complexity index is 589. The van der Waals surface area contributed by atoms with Gasteiger partial charge in [-0.3, -0.25) is 0 Å². The first kappa shape index (κ1) is 10.1. The highest BCUT2D eigenvalue weighted by Crippen LogP contribution is 2.34. The summed E-state index contributed by atoms with van der Waals surface area (Å²) in [7, 11) is 0. The number of nitrogens with zero attached hydrogens (tertiary/aromatic N) is 4. The summed E-state index contributed by atoms with van der Waals surface area (Å²) in [6.07, 6.45) is 6.45. The van der Waals surface area contributed by atoms with Crippen LogP contribution in [0.3, 0.4) is 0 Å². The third-order valence-electron chi connectivity index (χ3n) is 3.32. The number of allylic oxidation sites excluding steroid dienone is 1. The summed E-state index contributed by atoms with van der Waals surface area (Å²) in [6, 6.07) is 0. The number of rotatable bonds is 2.